The number of nitrogens with one attached hydrogen (secondary N) is 2. The van der Waals surface area contributed by atoms with Crippen molar-refractivity contribution in [2.24, 2.45) is 5.92 Å². The SMILES string of the molecule is CCOC[C@H]1CC[C@@H](N(CC)c2cc(Cl)cc(C(=O)NCc3c(C)cc(C)[nH]c3=O)c2C)CC1. The first-order chi connectivity index (χ1) is 16.2. The van der Waals surface area contributed by atoms with Gasteiger partial charge in [0.1, 0.15) is 0 Å². The number of H-pyrrole nitrogens is 1. The second kappa shape index (κ2) is 11.9. The highest BCUT2D eigenvalue weighted by Crippen LogP contribution is 2.35. The number of halogens is 1. The van der Waals surface area contributed by atoms with Crippen LogP contribution in [-0.4, -0.2) is 36.7 Å². The van der Waals surface area contributed by atoms with Gasteiger partial charge in [0.25, 0.3) is 11.5 Å². The minimum atomic E-state index is -0.225. The van der Waals surface area contributed by atoms with Gasteiger partial charge in [0.2, 0.25) is 0 Å². The van der Waals surface area contributed by atoms with Gasteiger partial charge >= 0.3 is 0 Å². The Morgan fingerprint density at radius 3 is 2.47 bits per heavy atom. The molecule has 1 fully saturated rings. The lowest BCUT2D eigenvalue weighted by molar-refractivity contribution is 0.0917. The molecule has 0 radical (unpaired) electrons. The fourth-order valence-electron chi connectivity index (χ4n) is 5.10. The number of aromatic amines is 1. The number of benzene rings is 1. The van der Waals surface area contributed by atoms with Gasteiger partial charge in [-0.3, -0.25) is 9.59 Å². The second-order valence-electron chi connectivity index (χ2n) is 9.34. The molecule has 1 heterocycles. The van der Waals surface area contributed by atoms with Crippen LogP contribution in [0.2, 0.25) is 5.02 Å². The van der Waals surface area contributed by atoms with E-state index in [-0.39, 0.29) is 18.0 Å². The number of ether oxygens (including phenoxy) is 1. The van der Waals surface area contributed by atoms with Crippen LogP contribution < -0.4 is 15.8 Å². The fraction of sp³-hybridized carbons (Fsp3) is 0.556. The number of carbonyl (C=O) groups excluding carboxylic acids is 1. The summed E-state index contributed by atoms with van der Waals surface area (Å²) in [6.45, 7) is 12.5. The molecule has 34 heavy (non-hydrogen) atoms. The number of anilines is 1. The number of rotatable bonds is 9. The summed E-state index contributed by atoms with van der Waals surface area (Å²) in [5.41, 5.74) is 4.54. The molecular formula is C27H38ClN3O3. The van der Waals surface area contributed by atoms with E-state index in [9.17, 15) is 9.59 Å². The zero-order valence-corrected chi connectivity index (χ0v) is 21.8. The lowest BCUT2D eigenvalue weighted by atomic mass is 9.85. The molecule has 0 aliphatic heterocycles. The van der Waals surface area contributed by atoms with Gasteiger partial charge in [-0.05, 0) is 95.5 Å². The van der Waals surface area contributed by atoms with Gasteiger partial charge in [0.15, 0.2) is 0 Å². The van der Waals surface area contributed by atoms with E-state index in [0.29, 0.717) is 28.1 Å². The zero-order valence-electron chi connectivity index (χ0n) is 21.1. The van der Waals surface area contributed by atoms with Crippen molar-refractivity contribution in [1.29, 1.82) is 0 Å². The Morgan fingerprint density at radius 1 is 1.15 bits per heavy atom. The predicted octanol–water partition coefficient (Wildman–Crippen LogP) is 5.31. The van der Waals surface area contributed by atoms with E-state index in [1.807, 2.05) is 39.8 Å². The first kappa shape index (κ1) is 26.3. The Morgan fingerprint density at radius 2 is 1.85 bits per heavy atom. The van der Waals surface area contributed by atoms with Crippen molar-refractivity contribution in [2.45, 2.75) is 72.9 Å². The van der Waals surface area contributed by atoms with Gasteiger partial charge in [0.05, 0.1) is 0 Å². The van der Waals surface area contributed by atoms with E-state index in [1.54, 1.807) is 6.07 Å². The first-order valence-electron chi connectivity index (χ1n) is 12.4. The van der Waals surface area contributed by atoms with Gasteiger partial charge in [-0.2, -0.15) is 0 Å². The topological polar surface area (TPSA) is 74.4 Å². The molecule has 186 valence electrons. The summed E-state index contributed by atoms with van der Waals surface area (Å²) in [6, 6.07) is 6.02. The molecule has 1 amide bonds. The van der Waals surface area contributed by atoms with Crippen LogP contribution in [0.15, 0.2) is 23.0 Å². The number of amides is 1. The maximum absolute atomic E-state index is 13.1. The molecule has 1 aliphatic carbocycles. The van der Waals surface area contributed by atoms with Gasteiger partial charge < -0.3 is 19.9 Å². The highest BCUT2D eigenvalue weighted by atomic mass is 35.5. The number of carbonyl (C=O) groups is 1. The Labute approximate surface area is 208 Å². The predicted molar refractivity (Wildman–Crippen MR) is 139 cm³/mol. The smallest absolute Gasteiger partial charge is 0.253 e. The highest BCUT2D eigenvalue weighted by molar-refractivity contribution is 6.31. The summed E-state index contributed by atoms with van der Waals surface area (Å²) in [6.07, 6.45) is 4.51. The lowest BCUT2D eigenvalue weighted by Gasteiger charge is -2.39. The molecular weight excluding hydrogens is 450 g/mol. The number of hydrogen-bond donors (Lipinski definition) is 2. The van der Waals surface area contributed by atoms with Crippen LogP contribution in [0, 0.1) is 26.7 Å². The summed E-state index contributed by atoms with van der Waals surface area (Å²) < 4.78 is 5.63. The highest BCUT2D eigenvalue weighted by Gasteiger charge is 2.27. The van der Waals surface area contributed by atoms with Crippen LogP contribution in [0.4, 0.5) is 5.69 Å². The van der Waals surface area contributed by atoms with E-state index < -0.39 is 0 Å². The fourth-order valence-corrected chi connectivity index (χ4v) is 5.31. The van der Waals surface area contributed by atoms with Crippen LogP contribution in [0.5, 0.6) is 0 Å². The Balaban J connectivity index is 1.77. The van der Waals surface area contributed by atoms with Crippen molar-refractivity contribution >= 4 is 23.2 Å². The summed E-state index contributed by atoms with van der Waals surface area (Å²) in [4.78, 5) is 30.7. The number of hydrogen-bond acceptors (Lipinski definition) is 4. The molecule has 1 aliphatic rings. The number of pyridine rings is 1. The normalized spacial score (nSPS) is 18.1. The minimum absolute atomic E-state index is 0.168. The standard InChI is InChI=1S/C27H38ClN3O3/c1-6-31(22-10-8-20(9-11-22)16-34-7-2)25-14-21(28)13-23(19(25)5)26(32)29-15-24-17(3)12-18(4)30-27(24)33/h12-14,20,22H,6-11,15-16H2,1-5H3,(H,29,32)(H,30,33)/t20-,22+. The molecule has 2 aromatic rings. The van der Waals surface area contributed by atoms with Crippen LogP contribution in [-0.2, 0) is 11.3 Å². The summed E-state index contributed by atoms with van der Waals surface area (Å²) in [7, 11) is 0. The zero-order chi connectivity index (χ0) is 24.8. The number of nitrogens with zero attached hydrogens (tertiary/aromatic N) is 1. The molecule has 7 heteroatoms. The Kier molecular flexibility index (Phi) is 9.20. The number of aryl methyl sites for hydroxylation is 2. The summed E-state index contributed by atoms with van der Waals surface area (Å²) in [5, 5.41) is 3.46. The van der Waals surface area contributed by atoms with Gasteiger partial charge in [-0.25, -0.2) is 0 Å². The van der Waals surface area contributed by atoms with E-state index in [1.165, 1.54) is 0 Å². The van der Waals surface area contributed by atoms with E-state index in [4.69, 9.17) is 16.3 Å². The van der Waals surface area contributed by atoms with Crippen molar-refractivity contribution in [3.8, 4) is 0 Å². The molecule has 6 nitrogen and oxygen atoms in total. The van der Waals surface area contributed by atoms with Crippen LogP contribution >= 0.6 is 11.6 Å². The molecule has 0 spiro atoms. The molecule has 0 unspecified atom stereocenters. The van der Waals surface area contributed by atoms with Crippen molar-refractivity contribution in [1.82, 2.24) is 10.3 Å². The summed E-state index contributed by atoms with van der Waals surface area (Å²) >= 11 is 6.49. The van der Waals surface area contributed by atoms with Crippen LogP contribution in [0.1, 0.15) is 72.3 Å². The van der Waals surface area contributed by atoms with E-state index in [0.717, 1.165) is 68.0 Å². The molecule has 0 saturated heterocycles. The molecule has 1 aromatic carbocycles. The monoisotopic (exact) mass is 487 g/mol. The minimum Gasteiger partial charge on any atom is -0.381 e. The van der Waals surface area contributed by atoms with Crippen molar-refractivity contribution < 1.29 is 9.53 Å². The average molecular weight is 488 g/mol. The second-order valence-corrected chi connectivity index (χ2v) is 9.78. The van der Waals surface area contributed by atoms with Crippen molar-refractivity contribution in [3.63, 3.8) is 0 Å². The Bertz CT molecular complexity index is 1060. The maximum atomic E-state index is 13.1. The molecule has 2 N–H and O–H groups in total. The molecule has 1 saturated carbocycles. The van der Waals surface area contributed by atoms with Crippen LogP contribution in [0.25, 0.3) is 0 Å². The van der Waals surface area contributed by atoms with Gasteiger partial charge in [-0.15, -0.1) is 0 Å². The van der Waals surface area contributed by atoms with Crippen LogP contribution in [0.3, 0.4) is 0 Å². The third-order valence-electron chi connectivity index (χ3n) is 6.97. The third-order valence-corrected chi connectivity index (χ3v) is 7.19. The maximum Gasteiger partial charge on any atom is 0.253 e. The first-order valence-corrected chi connectivity index (χ1v) is 12.7. The van der Waals surface area contributed by atoms with E-state index in [2.05, 4.69) is 22.1 Å². The van der Waals surface area contributed by atoms with Crippen molar-refractivity contribution in [2.75, 3.05) is 24.7 Å². The molecule has 0 atom stereocenters. The quantitative estimate of drug-likeness (QED) is 0.503. The van der Waals surface area contributed by atoms with Gasteiger partial charge in [0, 0.05) is 59.9 Å². The summed E-state index contributed by atoms with van der Waals surface area (Å²) in [5.74, 6) is 0.405. The number of aromatic nitrogens is 1. The molecule has 1 aromatic heterocycles. The van der Waals surface area contributed by atoms with Gasteiger partial charge in [-0.1, -0.05) is 11.6 Å². The third kappa shape index (κ3) is 6.22. The lowest BCUT2D eigenvalue weighted by Crippen LogP contribution is -2.39. The van der Waals surface area contributed by atoms with E-state index >= 15 is 0 Å². The Hall–Kier alpha value is -2.31. The molecule has 3 rings (SSSR count). The van der Waals surface area contributed by atoms with Crippen molar-refractivity contribution in [3.05, 3.63) is 61.5 Å². The molecule has 0 bridgehead atoms. The average Bonchev–Trinajstić information content (AvgIpc) is 2.80. The largest absolute Gasteiger partial charge is 0.381 e.